The zero-order valence-electron chi connectivity index (χ0n) is 11.7. The van der Waals surface area contributed by atoms with Crippen LogP contribution in [0.2, 0.25) is 0 Å². The number of nitrogens with zero attached hydrogens (tertiary/aromatic N) is 2. The number of carbonyl (C=O) groups is 1. The van der Waals surface area contributed by atoms with Gasteiger partial charge in [0.15, 0.2) is 0 Å². The highest BCUT2D eigenvalue weighted by Crippen LogP contribution is 2.23. The molecule has 108 valence electrons. The van der Waals surface area contributed by atoms with Crippen molar-refractivity contribution in [2.45, 2.75) is 37.6 Å². The van der Waals surface area contributed by atoms with Crippen LogP contribution in [0.4, 0.5) is 4.79 Å². The van der Waals surface area contributed by atoms with Gasteiger partial charge in [0.2, 0.25) is 0 Å². The normalized spacial score (nSPS) is 23.9. The average Bonchev–Trinajstić information content (AvgIpc) is 2.42. The maximum Gasteiger partial charge on any atom is 0.318 e. The average molecular weight is 284 g/mol. The Balaban J connectivity index is 2.00. The standard InChI is InChI=1S/C13H24N4OS/c1-16-9-5-13(6-10-16,11(14)19)15-12(18)17-7-3-2-4-8-17/h2-10H2,1H3,(H2,14,19)(H,15,18). The first-order valence-corrected chi connectivity index (χ1v) is 7.50. The Morgan fingerprint density at radius 3 is 2.26 bits per heavy atom. The Morgan fingerprint density at radius 2 is 1.74 bits per heavy atom. The summed E-state index contributed by atoms with van der Waals surface area (Å²) in [6, 6.07) is -0.00273. The molecule has 0 unspecified atom stereocenters. The van der Waals surface area contributed by atoms with Crippen LogP contribution < -0.4 is 11.1 Å². The molecule has 0 aromatic heterocycles. The molecule has 0 radical (unpaired) electrons. The van der Waals surface area contributed by atoms with E-state index in [0.717, 1.165) is 51.9 Å². The quantitative estimate of drug-likeness (QED) is 0.741. The summed E-state index contributed by atoms with van der Waals surface area (Å²) in [7, 11) is 2.08. The van der Waals surface area contributed by atoms with E-state index in [9.17, 15) is 4.79 Å². The van der Waals surface area contributed by atoms with Crippen molar-refractivity contribution in [1.29, 1.82) is 0 Å². The summed E-state index contributed by atoms with van der Waals surface area (Å²) in [6.45, 7) is 3.52. The van der Waals surface area contributed by atoms with Gasteiger partial charge in [-0.2, -0.15) is 0 Å². The second kappa shape index (κ2) is 6.05. The second-order valence-electron chi connectivity index (χ2n) is 5.73. The molecule has 2 rings (SSSR count). The first-order chi connectivity index (χ1) is 9.03. The van der Waals surface area contributed by atoms with Crippen molar-refractivity contribution in [2.24, 2.45) is 5.73 Å². The molecule has 0 bridgehead atoms. The van der Waals surface area contributed by atoms with E-state index in [4.69, 9.17) is 18.0 Å². The van der Waals surface area contributed by atoms with Crippen molar-refractivity contribution in [3.8, 4) is 0 Å². The molecule has 2 fully saturated rings. The molecule has 0 aromatic carbocycles. The summed E-state index contributed by atoms with van der Waals surface area (Å²) in [5.74, 6) is 0. The number of rotatable bonds is 2. The highest BCUT2D eigenvalue weighted by Gasteiger charge is 2.39. The summed E-state index contributed by atoms with van der Waals surface area (Å²) in [4.78, 5) is 16.9. The van der Waals surface area contributed by atoms with E-state index < -0.39 is 5.54 Å². The molecule has 5 nitrogen and oxygen atoms in total. The van der Waals surface area contributed by atoms with Gasteiger partial charge in [-0.25, -0.2) is 4.79 Å². The molecule has 0 aromatic rings. The predicted octanol–water partition coefficient (Wildman–Crippen LogP) is 0.932. The Hall–Kier alpha value is -0.880. The maximum atomic E-state index is 12.3. The minimum atomic E-state index is -0.490. The van der Waals surface area contributed by atoms with Crippen LogP contribution in [0.1, 0.15) is 32.1 Å². The van der Waals surface area contributed by atoms with Gasteiger partial charge in [-0.05, 0) is 39.2 Å². The van der Waals surface area contributed by atoms with Gasteiger partial charge in [0, 0.05) is 26.2 Å². The van der Waals surface area contributed by atoms with Crippen LogP contribution in [-0.2, 0) is 0 Å². The topological polar surface area (TPSA) is 61.6 Å². The zero-order valence-corrected chi connectivity index (χ0v) is 12.5. The lowest BCUT2D eigenvalue weighted by atomic mass is 9.87. The number of urea groups is 1. The van der Waals surface area contributed by atoms with Crippen molar-refractivity contribution in [3.05, 3.63) is 0 Å². The van der Waals surface area contributed by atoms with Gasteiger partial charge in [0.1, 0.15) is 0 Å². The molecule has 6 heteroatoms. The summed E-state index contributed by atoms with van der Waals surface area (Å²) < 4.78 is 0. The van der Waals surface area contributed by atoms with Crippen LogP contribution in [0.5, 0.6) is 0 Å². The van der Waals surface area contributed by atoms with Crippen LogP contribution in [0.25, 0.3) is 0 Å². The highest BCUT2D eigenvalue weighted by molar-refractivity contribution is 7.80. The number of thiocarbonyl (C=S) groups is 1. The fraction of sp³-hybridized carbons (Fsp3) is 0.846. The SMILES string of the molecule is CN1CCC(NC(=O)N2CCCCC2)(C(N)=S)CC1. The molecule has 2 amide bonds. The van der Waals surface area contributed by atoms with Crippen molar-refractivity contribution >= 4 is 23.2 Å². The Labute approximate surface area is 120 Å². The molecular weight excluding hydrogens is 260 g/mol. The van der Waals surface area contributed by atoms with Gasteiger partial charge in [-0.15, -0.1) is 0 Å². The molecule has 0 aliphatic carbocycles. The van der Waals surface area contributed by atoms with E-state index in [1.807, 2.05) is 4.90 Å². The Kier molecular flexibility index (Phi) is 4.62. The van der Waals surface area contributed by atoms with E-state index >= 15 is 0 Å². The van der Waals surface area contributed by atoms with Crippen molar-refractivity contribution < 1.29 is 4.79 Å². The summed E-state index contributed by atoms with van der Waals surface area (Å²) in [5.41, 5.74) is 5.42. The van der Waals surface area contributed by atoms with E-state index in [-0.39, 0.29) is 6.03 Å². The molecule has 2 aliphatic rings. The smallest absolute Gasteiger partial charge is 0.318 e. The molecule has 0 saturated carbocycles. The molecule has 2 saturated heterocycles. The van der Waals surface area contributed by atoms with Gasteiger partial charge in [0.25, 0.3) is 0 Å². The van der Waals surface area contributed by atoms with Crippen molar-refractivity contribution in [2.75, 3.05) is 33.2 Å². The van der Waals surface area contributed by atoms with Crippen molar-refractivity contribution in [3.63, 3.8) is 0 Å². The zero-order chi connectivity index (χ0) is 13.9. The van der Waals surface area contributed by atoms with Gasteiger partial charge >= 0.3 is 6.03 Å². The van der Waals surface area contributed by atoms with E-state index in [1.165, 1.54) is 6.42 Å². The molecular formula is C13H24N4OS. The van der Waals surface area contributed by atoms with Gasteiger partial charge in [0.05, 0.1) is 10.5 Å². The number of piperidine rings is 2. The highest BCUT2D eigenvalue weighted by atomic mass is 32.1. The van der Waals surface area contributed by atoms with E-state index in [0.29, 0.717) is 4.99 Å². The number of nitrogens with one attached hydrogen (secondary N) is 1. The number of nitrogens with two attached hydrogens (primary N) is 1. The molecule has 3 N–H and O–H groups in total. The van der Waals surface area contributed by atoms with Crippen LogP contribution in [-0.4, -0.2) is 59.6 Å². The molecule has 0 spiro atoms. The minimum Gasteiger partial charge on any atom is -0.391 e. The number of hydrogen-bond acceptors (Lipinski definition) is 3. The molecule has 2 aliphatic heterocycles. The lowest BCUT2D eigenvalue weighted by Crippen LogP contribution is -2.63. The van der Waals surface area contributed by atoms with E-state index in [2.05, 4.69) is 17.3 Å². The third-order valence-electron chi connectivity index (χ3n) is 4.30. The summed E-state index contributed by atoms with van der Waals surface area (Å²) in [6.07, 6.45) is 5.01. The van der Waals surface area contributed by atoms with E-state index in [1.54, 1.807) is 0 Å². The minimum absolute atomic E-state index is 0.00273. The third-order valence-corrected chi connectivity index (χ3v) is 4.69. The van der Waals surface area contributed by atoms with Gasteiger partial charge < -0.3 is 20.9 Å². The number of hydrogen-bond donors (Lipinski definition) is 2. The third kappa shape index (κ3) is 3.36. The maximum absolute atomic E-state index is 12.3. The van der Waals surface area contributed by atoms with Crippen LogP contribution >= 0.6 is 12.2 Å². The van der Waals surface area contributed by atoms with Crippen LogP contribution in [0.15, 0.2) is 0 Å². The van der Waals surface area contributed by atoms with Gasteiger partial charge in [-0.3, -0.25) is 0 Å². The van der Waals surface area contributed by atoms with Gasteiger partial charge in [-0.1, -0.05) is 12.2 Å². The fourth-order valence-corrected chi connectivity index (χ4v) is 3.07. The second-order valence-corrected chi connectivity index (χ2v) is 6.17. The first kappa shape index (κ1) is 14.5. The summed E-state index contributed by atoms with van der Waals surface area (Å²) in [5, 5.41) is 3.12. The molecule has 0 atom stereocenters. The number of carbonyl (C=O) groups excluding carboxylic acids is 1. The lowest BCUT2D eigenvalue weighted by molar-refractivity contribution is 0.160. The monoisotopic (exact) mass is 284 g/mol. The summed E-state index contributed by atoms with van der Waals surface area (Å²) >= 11 is 5.21. The van der Waals surface area contributed by atoms with Crippen LogP contribution in [0, 0.1) is 0 Å². The largest absolute Gasteiger partial charge is 0.391 e. The molecule has 2 heterocycles. The molecule has 19 heavy (non-hydrogen) atoms. The predicted molar refractivity (Wildman–Crippen MR) is 80.2 cm³/mol. The number of amides is 2. The Bertz CT molecular complexity index is 347. The first-order valence-electron chi connectivity index (χ1n) is 7.09. The Morgan fingerprint density at radius 1 is 1.16 bits per heavy atom. The fourth-order valence-electron chi connectivity index (χ4n) is 2.81. The lowest BCUT2D eigenvalue weighted by Gasteiger charge is -2.42. The van der Waals surface area contributed by atoms with Crippen molar-refractivity contribution in [1.82, 2.24) is 15.1 Å². The number of likely N-dealkylation sites (tertiary alicyclic amines) is 2. The van der Waals surface area contributed by atoms with Crippen LogP contribution in [0.3, 0.4) is 0 Å².